The summed E-state index contributed by atoms with van der Waals surface area (Å²) in [6, 6.07) is 7.26. The first-order valence-corrected chi connectivity index (χ1v) is 9.81. The number of nitro groups is 1. The highest BCUT2D eigenvalue weighted by Crippen LogP contribution is 2.41. The zero-order valence-electron chi connectivity index (χ0n) is 16.1. The van der Waals surface area contributed by atoms with Gasteiger partial charge in [-0.05, 0) is 24.0 Å². The van der Waals surface area contributed by atoms with Gasteiger partial charge < -0.3 is 19.5 Å². The molecule has 1 aromatic carbocycles. The van der Waals surface area contributed by atoms with Gasteiger partial charge in [0.15, 0.2) is 10.6 Å². The number of hydrogen-bond acceptors (Lipinski definition) is 10. The number of carbonyl (C=O) groups excluding carboxylic acids is 1. The smallest absolute Gasteiger partial charge is 0.334 e. The Labute approximate surface area is 171 Å². The lowest BCUT2D eigenvalue weighted by Crippen LogP contribution is -2.54. The second-order valence-electron chi connectivity index (χ2n) is 6.28. The molecule has 11 heteroatoms. The lowest BCUT2D eigenvalue weighted by molar-refractivity contribution is -0.386. The molecule has 1 fully saturated rings. The van der Waals surface area contributed by atoms with E-state index in [1.165, 1.54) is 18.9 Å². The molecule has 0 unspecified atom stereocenters. The van der Waals surface area contributed by atoms with E-state index in [0.29, 0.717) is 10.9 Å². The number of ether oxygens (including phenoxy) is 3. The summed E-state index contributed by atoms with van der Waals surface area (Å²) in [4.78, 5) is 32.3. The SMILES string of the molecule is COC(=O)C1(c2nc(SC)nc(NCc3ccc(OC)cc3)c2[N+](=O)[O-])COC1. The van der Waals surface area contributed by atoms with E-state index >= 15 is 0 Å². The number of anilines is 1. The number of esters is 1. The minimum absolute atomic E-state index is 0.00261. The molecule has 1 aromatic heterocycles. The average molecular weight is 420 g/mol. The van der Waals surface area contributed by atoms with Crippen LogP contribution in [-0.2, 0) is 26.2 Å². The fourth-order valence-corrected chi connectivity index (χ4v) is 3.30. The van der Waals surface area contributed by atoms with E-state index in [-0.39, 0.29) is 37.0 Å². The summed E-state index contributed by atoms with van der Waals surface area (Å²) in [5.41, 5.74) is -0.802. The summed E-state index contributed by atoms with van der Waals surface area (Å²) in [6.07, 6.45) is 1.75. The van der Waals surface area contributed by atoms with Gasteiger partial charge in [-0.25, -0.2) is 4.98 Å². The van der Waals surface area contributed by atoms with E-state index in [9.17, 15) is 14.9 Å². The highest BCUT2D eigenvalue weighted by molar-refractivity contribution is 7.98. The Bertz CT molecular complexity index is 917. The fraction of sp³-hybridized carbons (Fsp3) is 0.389. The summed E-state index contributed by atoms with van der Waals surface area (Å²) < 4.78 is 15.2. The third-order valence-corrected chi connectivity index (χ3v) is 5.12. The van der Waals surface area contributed by atoms with Crippen LogP contribution in [0.25, 0.3) is 0 Å². The van der Waals surface area contributed by atoms with Crippen molar-refractivity contribution < 1.29 is 23.9 Å². The third-order valence-electron chi connectivity index (χ3n) is 4.57. The van der Waals surface area contributed by atoms with Gasteiger partial charge in [-0.1, -0.05) is 23.9 Å². The summed E-state index contributed by atoms with van der Waals surface area (Å²) in [5, 5.41) is 15.2. The molecular weight excluding hydrogens is 400 g/mol. The summed E-state index contributed by atoms with van der Waals surface area (Å²) in [5.74, 6) is 0.118. The summed E-state index contributed by atoms with van der Waals surface area (Å²) >= 11 is 1.22. The first-order chi connectivity index (χ1) is 13.9. The number of nitrogens with one attached hydrogen (secondary N) is 1. The van der Waals surface area contributed by atoms with Crippen molar-refractivity contribution in [2.24, 2.45) is 0 Å². The van der Waals surface area contributed by atoms with Crippen molar-refractivity contribution >= 4 is 29.2 Å². The molecule has 1 aliphatic heterocycles. The molecule has 2 heterocycles. The number of rotatable bonds is 8. The molecule has 0 amide bonds. The summed E-state index contributed by atoms with van der Waals surface area (Å²) in [6.45, 7) is 0.212. The molecule has 154 valence electrons. The van der Waals surface area contributed by atoms with Crippen LogP contribution in [0.1, 0.15) is 11.3 Å². The maximum atomic E-state index is 12.4. The number of aromatic nitrogens is 2. The van der Waals surface area contributed by atoms with E-state index in [0.717, 1.165) is 5.56 Å². The normalized spacial score (nSPS) is 14.6. The average Bonchev–Trinajstić information content (AvgIpc) is 2.70. The first kappa shape index (κ1) is 20.8. The van der Waals surface area contributed by atoms with Gasteiger partial charge in [-0.3, -0.25) is 14.9 Å². The highest BCUT2D eigenvalue weighted by atomic mass is 32.2. The number of hydrogen-bond donors (Lipinski definition) is 1. The molecule has 1 N–H and O–H groups in total. The van der Waals surface area contributed by atoms with Crippen molar-refractivity contribution in [1.29, 1.82) is 0 Å². The predicted molar refractivity (Wildman–Crippen MR) is 105 cm³/mol. The maximum Gasteiger partial charge on any atom is 0.334 e. The number of benzene rings is 1. The number of nitrogens with zero attached hydrogens (tertiary/aromatic N) is 3. The molecule has 10 nitrogen and oxygen atoms in total. The molecule has 2 aromatic rings. The van der Waals surface area contributed by atoms with E-state index in [4.69, 9.17) is 14.2 Å². The zero-order valence-corrected chi connectivity index (χ0v) is 16.9. The van der Waals surface area contributed by atoms with Gasteiger partial charge in [0.1, 0.15) is 11.4 Å². The quantitative estimate of drug-likeness (QED) is 0.223. The monoisotopic (exact) mass is 420 g/mol. The minimum Gasteiger partial charge on any atom is -0.497 e. The standard InChI is InChI=1S/C18H20N4O6S/c1-26-12-6-4-11(5-7-12)8-19-15-13(22(24)25)14(20-17(21-15)29-3)18(9-28-10-18)16(23)27-2/h4-7H,8-10H2,1-3H3,(H,19,20,21). The van der Waals surface area contributed by atoms with Crippen LogP contribution in [0.3, 0.4) is 0 Å². The fourth-order valence-electron chi connectivity index (χ4n) is 2.94. The summed E-state index contributed by atoms with van der Waals surface area (Å²) in [7, 11) is 2.80. The lowest BCUT2D eigenvalue weighted by Gasteiger charge is -2.37. The van der Waals surface area contributed by atoms with E-state index in [1.54, 1.807) is 25.5 Å². The second-order valence-corrected chi connectivity index (χ2v) is 7.05. The van der Waals surface area contributed by atoms with E-state index in [1.807, 2.05) is 12.1 Å². The highest BCUT2D eigenvalue weighted by Gasteiger charge is 2.55. The van der Waals surface area contributed by atoms with Crippen LogP contribution in [0.5, 0.6) is 5.75 Å². The molecule has 3 rings (SSSR count). The Morgan fingerprint density at radius 1 is 1.31 bits per heavy atom. The number of methoxy groups -OCH3 is 2. The van der Waals surface area contributed by atoms with E-state index in [2.05, 4.69) is 15.3 Å². The lowest BCUT2D eigenvalue weighted by atomic mass is 9.81. The molecule has 0 atom stereocenters. The van der Waals surface area contributed by atoms with Crippen LogP contribution in [0.15, 0.2) is 29.4 Å². The van der Waals surface area contributed by atoms with Gasteiger partial charge in [0.25, 0.3) is 0 Å². The Morgan fingerprint density at radius 3 is 2.48 bits per heavy atom. The Balaban J connectivity index is 2.01. The van der Waals surface area contributed by atoms with Gasteiger partial charge in [0.05, 0.1) is 32.4 Å². The van der Waals surface area contributed by atoms with Crippen molar-refractivity contribution in [3.8, 4) is 5.75 Å². The van der Waals surface area contributed by atoms with Crippen molar-refractivity contribution in [1.82, 2.24) is 9.97 Å². The van der Waals surface area contributed by atoms with E-state index < -0.39 is 16.3 Å². The van der Waals surface area contributed by atoms with Crippen molar-refractivity contribution in [2.75, 3.05) is 39.0 Å². The van der Waals surface area contributed by atoms with Gasteiger partial charge in [0, 0.05) is 6.54 Å². The predicted octanol–water partition coefficient (Wildman–Crippen LogP) is 2.17. The zero-order chi connectivity index (χ0) is 21.0. The van der Waals surface area contributed by atoms with Crippen LogP contribution < -0.4 is 10.1 Å². The molecule has 0 aliphatic carbocycles. The molecule has 0 bridgehead atoms. The molecule has 0 radical (unpaired) electrons. The second kappa shape index (κ2) is 8.62. The van der Waals surface area contributed by atoms with Crippen LogP contribution in [0.4, 0.5) is 11.5 Å². The number of thioether (sulfide) groups is 1. The van der Waals surface area contributed by atoms with Crippen LogP contribution in [0, 0.1) is 10.1 Å². The molecule has 1 aliphatic rings. The third kappa shape index (κ3) is 3.96. The molecular formula is C18H20N4O6S. The van der Waals surface area contributed by atoms with Crippen LogP contribution >= 0.6 is 11.8 Å². The Kier molecular flexibility index (Phi) is 6.18. The number of carbonyl (C=O) groups is 1. The van der Waals surface area contributed by atoms with Gasteiger partial charge in [-0.2, -0.15) is 4.98 Å². The Hall–Kier alpha value is -2.92. The topological polar surface area (TPSA) is 126 Å². The minimum atomic E-state index is -1.32. The molecule has 29 heavy (non-hydrogen) atoms. The largest absolute Gasteiger partial charge is 0.497 e. The van der Waals surface area contributed by atoms with Crippen molar-refractivity contribution in [3.05, 3.63) is 45.6 Å². The van der Waals surface area contributed by atoms with Crippen LogP contribution in [-0.4, -0.2) is 54.5 Å². The molecule has 0 spiro atoms. The molecule has 1 saturated heterocycles. The van der Waals surface area contributed by atoms with Crippen molar-refractivity contribution in [3.63, 3.8) is 0 Å². The van der Waals surface area contributed by atoms with Gasteiger partial charge in [-0.15, -0.1) is 0 Å². The molecule has 0 saturated carbocycles. The Morgan fingerprint density at radius 2 is 2.00 bits per heavy atom. The van der Waals surface area contributed by atoms with Gasteiger partial charge >= 0.3 is 11.7 Å². The van der Waals surface area contributed by atoms with Crippen LogP contribution in [0.2, 0.25) is 0 Å². The maximum absolute atomic E-state index is 12.4. The van der Waals surface area contributed by atoms with Crippen molar-refractivity contribution in [2.45, 2.75) is 17.1 Å². The van der Waals surface area contributed by atoms with Gasteiger partial charge in [0.2, 0.25) is 5.82 Å². The first-order valence-electron chi connectivity index (χ1n) is 8.59.